The number of rotatable bonds is 10. The van der Waals surface area contributed by atoms with Gasteiger partial charge in [0.05, 0.1) is 23.3 Å². The van der Waals surface area contributed by atoms with Gasteiger partial charge in [0.15, 0.2) is 11.6 Å². The zero-order chi connectivity index (χ0) is 31.7. The number of esters is 1. The van der Waals surface area contributed by atoms with E-state index >= 15 is 0 Å². The van der Waals surface area contributed by atoms with Crippen LogP contribution in [0.25, 0.3) is 22.0 Å². The lowest BCUT2D eigenvalue weighted by Crippen LogP contribution is -2.22. The molecule has 0 saturated carbocycles. The van der Waals surface area contributed by atoms with E-state index in [0.717, 1.165) is 36.4 Å². The zero-order valence-corrected chi connectivity index (χ0v) is 25.2. The number of nitrogens with zero attached hydrogens (tertiary/aromatic N) is 1. The highest BCUT2D eigenvalue weighted by molar-refractivity contribution is 6.76. The van der Waals surface area contributed by atoms with Crippen LogP contribution >= 0.6 is 0 Å². The van der Waals surface area contributed by atoms with Crippen molar-refractivity contribution in [1.82, 2.24) is 9.55 Å². The monoisotopic (exact) mass is 622 g/mol. The Morgan fingerprint density at radius 3 is 2.35 bits per heavy atom. The van der Waals surface area contributed by atoms with Gasteiger partial charge in [-0.3, -0.25) is 4.79 Å². The third-order valence-electron chi connectivity index (χ3n) is 6.71. The molecule has 0 unspecified atom stereocenters. The number of aromatic amines is 1. The van der Waals surface area contributed by atoms with Gasteiger partial charge in [0.1, 0.15) is 24.0 Å². The highest BCUT2D eigenvalue weighted by Crippen LogP contribution is 2.43. The summed E-state index contributed by atoms with van der Waals surface area (Å²) in [6.07, 6.45) is -4.77. The van der Waals surface area contributed by atoms with Crippen molar-refractivity contribution in [3.05, 3.63) is 81.4 Å². The highest BCUT2D eigenvalue weighted by Gasteiger charge is 2.33. The molecule has 0 saturated heterocycles. The van der Waals surface area contributed by atoms with E-state index in [2.05, 4.69) is 24.6 Å². The number of pyridine rings is 1. The van der Waals surface area contributed by atoms with Gasteiger partial charge in [0.2, 0.25) is 0 Å². The summed E-state index contributed by atoms with van der Waals surface area (Å²) < 4.78 is 88.2. The molecule has 230 valence electrons. The van der Waals surface area contributed by atoms with Gasteiger partial charge in [-0.1, -0.05) is 19.6 Å². The first kappa shape index (κ1) is 32.0. The SMILES string of the molecule is CCOC(=O)c1cc2c(-c3cc(C(F)(F)F)ccc3Oc3ccc(F)cc3F)n(COCC[Si](C)(C)C)c(C)c2c(=O)[nH]1. The van der Waals surface area contributed by atoms with Gasteiger partial charge in [-0.05, 0) is 56.3 Å². The van der Waals surface area contributed by atoms with Gasteiger partial charge in [-0.25, -0.2) is 13.6 Å². The maximum absolute atomic E-state index is 14.6. The molecule has 2 aromatic heterocycles. The summed E-state index contributed by atoms with van der Waals surface area (Å²) in [6, 6.07) is 7.26. The fraction of sp³-hybridized carbons (Fsp3) is 0.333. The average molecular weight is 623 g/mol. The van der Waals surface area contributed by atoms with Crippen LogP contribution in [0.4, 0.5) is 22.0 Å². The van der Waals surface area contributed by atoms with E-state index in [1.54, 1.807) is 13.8 Å². The van der Waals surface area contributed by atoms with Gasteiger partial charge in [-0.15, -0.1) is 0 Å². The number of hydrogen-bond donors (Lipinski definition) is 1. The molecule has 4 aromatic rings. The molecule has 0 amide bonds. The van der Waals surface area contributed by atoms with Crippen LogP contribution in [0.5, 0.6) is 11.5 Å². The first-order chi connectivity index (χ1) is 20.1. The molecule has 1 N–H and O–H groups in total. The van der Waals surface area contributed by atoms with Crippen LogP contribution in [-0.2, 0) is 22.4 Å². The molecule has 0 fully saturated rings. The molecule has 13 heteroatoms. The van der Waals surface area contributed by atoms with Crippen molar-refractivity contribution in [2.75, 3.05) is 13.2 Å². The molecule has 7 nitrogen and oxygen atoms in total. The lowest BCUT2D eigenvalue weighted by molar-refractivity contribution is -0.137. The van der Waals surface area contributed by atoms with Crippen molar-refractivity contribution in [3.63, 3.8) is 0 Å². The summed E-state index contributed by atoms with van der Waals surface area (Å²) in [4.78, 5) is 28.3. The van der Waals surface area contributed by atoms with E-state index in [1.165, 1.54) is 10.6 Å². The minimum atomic E-state index is -4.77. The number of ether oxygens (including phenoxy) is 3. The standard InChI is InChI=1S/C30H31F5N2O5Si/c1-6-41-29(39)23-15-21-26(28(38)36-23)17(2)37(16-40-11-12-43(3,4)5)27(21)20-13-18(30(33,34)35)7-9-24(20)42-25-10-8-19(31)14-22(25)32/h7-10,13-15H,6,11-12,16H2,1-5H3,(H,36,38). The van der Waals surface area contributed by atoms with E-state index in [1.807, 2.05) is 0 Å². The first-order valence-electron chi connectivity index (χ1n) is 13.5. The fourth-order valence-electron chi connectivity index (χ4n) is 4.52. The Hall–Kier alpha value is -3.97. The molecule has 0 bridgehead atoms. The van der Waals surface area contributed by atoms with E-state index < -0.39 is 48.7 Å². The Morgan fingerprint density at radius 1 is 1.02 bits per heavy atom. The molecule has 0 aliphatic rings. The molecule has 0 aliphatic carbocycles. The minimum Gasteiger partial charge on any atom is -0.461 e. The average Bonchev–Trinajstić information content (AvgIpc) is 3.18. The summed E-state index contributed by atoms with van der Waals surface area (Å²) >= 11 is 0. The lowest BCUT2D eigenvalue weighted by atomic mass is 10.0. The predicted octanol–water partition coefficient (Wildman–Crippen LogP) is 7.88. The van der Waals surface area contributed by atoms with E-state index in [9.17, 15) is 31.5 Å². The maximum atomic E-state index is 14.6. The van der Waals surface area contributed by atoms with Crippen molar-refractivity contribution in [1.29, 1.82) is 0 Å². The lowest BCUT2D eigenvalue weighted by Gasteiger charge is -2.19. The zero-order valence-electron chi connectivity index (χ0n) is 24.2. The van der Waals surface area contributed by atoms with Crippen molar-refractivity contribution < 1.29 is 41.0 Å². The summed E-state index contributed by atoms with van der Waals surface area (Å²) in [5.41, 5.74) is -1.66. The highest BCUT2D eigenvalue weighted by atomic mass is 28.3. The summed E-state index contributed by atoms with van der Waals surface area (Å²) in [5.74, 6) is -3.41. The number of H-pyrrole nitrogens is 1. The van der Waals surface area contributed by atoms with E-state index in [-0.39, 0.29) is 46.8 Å². The third-order valence-corrected chi connectivity index (χ3v) is 8.42. The normalized spacial score (nSPS) is 12.1. The number of nitrogens with one attached hydrogen (secondary N) is 1. The molecule has 2 heterocycles. The number of alkyl halides is 3. The molecule has 2 aromatic carbocycles. The van der Waals surface area contributed by atoms with Crippen molar-refractivity contribution in [2.45, 2.75) is 52.4 Å². The largest absolute Gasteiger partial charge is 0.461 e. The number of benzene rings is 2. The second kappa shape index (κ2) is 12.3. The van der Waals surface area contributed by atoms with Gasteiger partial charge >= 0.3 is 12.1 Å². The van der Waals surface area contributed by atoms with Crippen molar-refractivity contribution in [3.8, 4) is 22.8 Å². The Bertz CT molecular complexity index is 1720. The molecular weight excluding hydrogens is 591 g/mol. The van der Waals surface area contributed by atoms with Crippen LogP contribution in [-0.4, -0.2) is 36.8 Å². The molecule has 0 radical (unpaired) electrons. The number of halogens is 5. The Balaban J connectivity index is 2.01. The van der Waals surface area contributed by atoms with Gasteiger partial charge < -0.3 is 23.8 Å². The fourth-order valence-corrected chi connectivity index (χ4v) is 5.27. The third kappa shape index (κ3) is 7.16. The van der Waals surface area contributed by atoms with Gasteiger partial charge in [0.25, 0.3) is 5.56 Å². The predicted molar refractivity (Wildman–Crippen MR) is 154 cm³/mol. The Labute approximate surface area is 245 Å². The van der Waals surface area contributed by atoms with Crippen LogP contribution in [0.3, 0.4) is 0 Å². The second-order valence-electron chi connectivity index (χ2n) is 11.1. The number of aryl methyl sites for hydroxylation is 1. The minimum absolute atomic E-state index is 0.0194. The van der Waals surface area contributed by atoms with Gasteiger partial charge in [0, 0.05) is 37.4 Å². The first-order valence-corrected chi connectivity index (χ1v) is 17.2. The van der Waals surface area contributed by atoms with Crippen LogP contribution in [0.15, 0.2) is 47.3 Å². The van der Waals surface area contributed by atoms with Crippen LogP contribution in [0.2, 0.25) is 25.7 Å². The number of carbonyl (C=O) groups is 1. The molecule has 0 aliphatic heterocycles. The number of aromatic nitrogens is 2. The van der Waals surface area contributed by atoms with Crippen molar-refractivity contribution in [2.24, 2.45) is 0 Å². The summed E-state index contributed by atoms with van der Waals surface area (Å²) in [6.45, 7) is 9.90. The van der Waals surface area contributed by atoms with Crippen LogP contribution < -0.4 is 10.3 Å². The van der Waals surface area contributed by atoms with Crippen LogP contribution in [0.1, 0.15) is 28.7 Å². The van der Waals surface area contributed by atoms with E-state index in [4.69, 9.17) is 14.2 Å². The Morgan fingerprint density at radius 2 is 1.72 bits per heavy atom. The van der Waals surface area contributed by atoms with Crippen LogP contribution in [0, 0.1) is 18.6 Å². The van der Waals surface area contributed by atoms with Gasteiger partial charge in [-0.2, -0.15) is 13.2 Å². The molecular formula is C30H31F5N2O5Si. The number of fused-ring (bicyclic) bond motifs is 1. The molecule has 4 rings (SSSR count). The molecule has 0 spiro atoms. The number of hydrogen-bond acceptors (Lipinski definition) is 5. The quantitative estimate of drug-likeness (QED) is 0.0842. The number of carbonyl (C=O) groups excluding carboxylic acids is 1. The van der Waals surface area contributed by atoms with Crippen molar-refractivity contribution >= 4 is 24.8 Å². The smallest absolute Gasteiger partial charge is 0.416 e. The molecule has 0 atom stereocenters. The second-order valence-corrected chi connectivity index (χ2v) is 16.7. The summed E-state index contributed by atoms with van der Waals surface area (Å²) in [7, 11) is -1.49. The Kier molecular flexibility index (Phi) is 9.16. The van der Waals surface area contributed by atoms with E-state index in [0.29, 0.717) is 18.4 Å². The summed E-state index contributed by atoms with van der Waals surface area (Å²) in [5, 5.41) is 0.232. The topological polar surface area (TPSA) is 82.5 Å². The maximum Gasteiger partial charge on any atom is 0.416 e. The molecule has 43 heavy (non-hydrogen) atoms.